The fourth-order valence-corrected chi connectivity index (χ4v) is 1.91. The van der Waals surface area contributed by atoms with Crippen LogP contribution in [0.25, 0.3) is 11.1 Å². The quantitative estimate of drug-likeness (QED) is 0.850. The smallest absolute Gasteiger partial charge is 0.267 e. The molecule has 1 aromatic carbocycles. The standard InChI is InChI=1S/C15H17FN2O/c1-10(2)9-18-15(19)13(6-7-17-18)12-5-4-11(3)14(16)8-12/h4-8,10H,9H2,1-3H3. The third-order valence-electron chi connectivity index (χ3n) is 2.93. The van der Waals surface area contributed by atoms with E-state index in [0.29, 0.717) is 29.2 Å². The van der Waals surface area contributed by atoms with Gasteiger partial charge in [0.25, 0.3) is 5.56 Å². The summed E-state index contributed by atoms with van der Waals surface area (Å²) in [5.41, 5.74) is 1.46. The minimum atomic E-state index is -0.302. The van der Waals surface area contributed by atoms with E-state index in [1.165, 1.54) is 10.7 Å². The van der Waals surface area contributed by atoms with Gasteiger partial charge in [-0.15, -0.1) is 0 Å². The minimum Gasteiger partial charge on any atom is -0.267 e. The molecule has 0 saturated heterocycles. The molecule has 3 nitrogen and oxygen atoms in total. The zero-order valence-corrected chi connectivity index (χ0v) is 11.4. The molecule has 4 heteroatoms. The predicted molar refractivity (Wildman–Crippen MR) is 73.5 cm³/mol. The SMILES string of the molecule is Cc1ccc(-c2ccnn(CC(C)C)c2=O)cc1F. The van der Waals surface area contributed by atoms with Gasteiger partial charge in [-0.2, -0.15) is 5.10 Å². The number of nitrogens with zero attached hydrogens (tertiary/aromatic N) is 2. The van der Waals surface area contributed by atoms with Gasteiger partial charge in [-0.05, 0) is 36.1 Å². The number of benzene rings is 1. The summed E-state index contributed by atoms with van der Waals surface area (Å²) in [5, 5.41) is 4.05. The molecule has 0 amide bonds. The van der Waals surface area contributed by atoms with E-state index in [1.807, 2.05) is 13.8 Å². The highest BCUT2D eigenvalue weighted by molar-refractivity contribution is 5.62. The Morgan fingerprint density at radius 2 is 2.05 bits per heavy atom. The predicted octanol–water partition coefficient (Wildman–Crippen LogP) is 3.01. The van der Waals surface area contributed by atoms with E-state index in [-0.39, 0.29) is 11.4 Å². The number of rotatable bonds is 3. The van der Waals surface area contributed by atoms with Crippen molar-refractivity contribution in [1.29, 1.82) is 0 Å². The van der Waals surface area contributed by atoms with E-state index in [4.69, 9.17) is 0 Å². The number of aromatic nitrogens is 2. The second kappa shape index (κ2) is 5.34. The summed E-state index contributed by atoms with van der Waals surface area (Å²) in [7, 11) is 0. The Morgan fingerprint density at radius 1 is 1.32 bits per heavy atom. The second-order valence-corrected chi connectivity index (χ2v) is 5.09. The Bertz CT molecular complexity index is 647. The van der Waals surface area contributed by atoms with Crippen molar-refractivity contribution in [3.05, 3.63) is 52.2 Å². The van der Waals surface area contributed by atoms with Crippen LogP contribution >= 0.6 is 0 Å². The maximum Gasteiger partial charge on any atom is 0.274 e. The summed E-state index contributed by atoms with van der Waals surface area (Å²) in [6, 6.07) is 6.46. The summed E-state index contributed by atoms with van der Waals surface area (Å²) >= 11 is 0. The molecule has 0 aliphatic rings. The molecule has 2 rings (SSSR count). The molecule has 19 heavy (non-hydrogen) atoms. The van der Waals surface area contributed by atoms with E-state index < -0.39 is 0 Å². The maximum atomic E-state index is 13.6. The van der Waals surface area contributed by atoms with Crippen molar-refractivity contribution in [1.82, 2.24) is 9.78 Å². The lowest BCUT2D eigenvalue weighted by molar-refractivity contribution is 0.464. The van der Waals surface area contributed by atoms with Crippen LogP contribution in [0.4, 0.5) is 4.39 Å². The molecule has 2 aromatic rings. The summed E-state index contributed by atoms with van der Waals surface area (Å²) in [4.78, 5) is 12.3. The molecule has 0 aliphatic heterocycles. The maximum absolute atomic E-state index is 13.6. The lowest BCUT2D eigenvalue weighted by Crippen LogP contribution is -2.25. The second-order valence-electron chi connectivity index (χ2n) is 5.09. The molecule has 0 fully saturated rings. The summed E-state index contributed by atoms with van der Waals surface area (Å²) in [5.74, 6) is 0.0272. The summed E-state index contributed by atoms with van der Waals surface area (Å²) in [6.07, 6.45) is 1.58. The molecule has 0 radical (unpaired) electrons. The molecule has 0 saturated carbocycles. The van der Waals surface area contributed by atoms with E-state index in [1.54, 1.807) is 31.3 Å². The van der Waals surface area contributed by atoms with Crippen LogP contribution < -0.4 is 5.56 Å². The van der Waals surface area contributed by atoms with Crippen molar-refractivity contribution in [2.45, 2.75) is 27.3 Å². The largest absolute Gasteiger partial charge is 0.274 e. The first-order valence-electron chi connectivity index (χ1n) is 6.31. The van der Waals surface area contributed by atoms with E-state index in [2.05, 4.69) is 5.10 Å². The molecular weight excluding hydrogens is 243 g/mol. The van der Waals surface area contributed by atoms with Crippen LogP contribution in [0, 0.1) is 18.7 Å². The first-order valence-corrected chi connectivity index (χ1v) is 6.31. The Morgan fingerprint density at radius 3 is 2.68 bits per heavy atom. The third-order valence-corrected chi connectivity index (χ3v) is 2.93. The molecule has 0 N–H and O–H groups in total. The fourth-order valence-electron chi connectivity index (χ4n) is 1.91. The highest BCUT2D eigenvalue weighted by Crippen LogP contribution is 2.18. The number of aryl methyl sites for hydroxylation is 1. The van der Waals surface area contributed by atoms with Gasteiger partial charge in [-0.3, -0.25) is 4.79 Å². The van der Waals surface area contributed by atoms with Crippen LogP contribution in [0.1, 0.15) is 19.4 Å². The van der Waals surface area contributed by atoms with Crippen molar-refractivity contribution in [3.8, 4) is 11.1 Å². The zero-order chi connectivity index (χ0) is 14.0. The van der Waals surface area contributed by atoms with Gasteiger partial charge < -0.3 is 0 Å². The first kappa shape index (κ1) is 13.5. The highest BCUT2D eigenvalue weighted by atomic mass is 19.1. The van der Waals surface area contributed by atoms with Crippen molar-refractivity contribution >= 4 is 0 Å². The van der Waals surface area contributed by atoms with E-state index >= 15 is 0 Å². The van der Waals surface area contributed by atoms with Gasteiger partial charge in [-0.25, -0.2) is 9.07 Å². The van der Waals surface area contributed by atoms with Crippen LogP contribution in [-0.2, 0) is 6.54 Å². The fraction of sp³-hybridized carbons (Fsp3) is 0.333. The first-order chi connectivity index (χ1) is 8.99. The van der Waals surface area contributed by atoms with Gasteiger partial charge >= 0.3 is 0 Å². The molecule has 100 valence electrons. The number of hydrogen-bond donors (Lipinski definition) is 0. The van der Waals surface area contributed by atoms with Gasteiger partial charge in [0.1, 0.15) is 5.82 Å². The summed E-state index contributed by atoms with van der Waals surface area (Å²) < 4.78 is 15.0. The third kappa shape index (κ3) is 2.89. The average molecular weight is 260 g/mol. The van der Waals surface area contributed by atoms with Crippen molar-refractivity contribution in [3.63, 3.8) is 0 Å². The number of hydrogen-bond acceptors (Lipinski definition) is 2. The summed E-state index contributed by atoms with van der Waals surface area (Å²) in [6.45, 7) is 6.29. The van der Waals surface area contributed by atoms with Crippen LogP contribution in [-0.4, -0.2) is 9.78 Å². The van der Waals surface area contributed by atoms with Gasteiger partial charge in [-0.1, -0.05) is 26.0 Å². The molecule has 0 atom stereocenters. The normalized spacial score (nSPS) is 11.0. The average Bonchev–Trinajstić information content (AvgIpc) is 2.35. The highest BCUT2D eigenvalue weighted by Gasteiger charge is 2.09. The van der Waals surface area contributed by atoms with Gasteiger partial charge in [0.05, 0.1) is 5.56 Å². The Balaban J connectivity index is 2.50. The van der Waals surface area contributed by atoms with Gasteiger partial charge in [0, 0.05) is 12.7 Å². The van der Waals surface area contributed by atoms with Gasteiger partial charge in [0.2, 0.25) is 0 Å². The molecular formula is C15H17FN2O. The van der Waals surface area contributed by atoms with Crippen LogP contribution in [0.5, 0.6) is 0 Å². The lowest BCUT2D eigenvalue weighted by Gasteiger charge is -2.09. The minimum absolute atomic E-state index is 0.181. The monoisotopic (exact) mass is 260 g/mol. The molecule has 0 unspecified atom stereocenters. The number of halogens is 1. The van der Waals surface area contributed by atoms with Crippen molar-refractivity contribution in [2.24, 2.45) is 5.92 Å². The molecule has 1 heterocycles. The van der Waals surface area contributed by atoms with Gasteiger partial charge in [0.15, 0.2) is 0 Å². The molecule has 1 aromatic heterocycles. The molecule has 0 bridgehead atoms. The Kier molecular flexibility index (Phi) is 3.79. The Hall–Kier alpha value is -1.97. The van der Waals surface area contributed by atoms with Crippen LogP contribution in [0.3, 0.4) is 0 Å². The van der Waals surface area contributed by atoms with Crippen LogP contribution in [0.15, 0.2) is 35.3 Å². The molecule has 0 aliphatic carbocycles. The van der Waals surface area contributed by atoms with Crippen molar-refractivity contribution in [2.75, 3.05) is 0 Å². The van der Waals surface area contributed by atoms with Crippen molar-refractivity contribution < 1.29 is 4.39 Å². The zero-order valence-electron chi connectivity index (χ0n) is 11.4. The molecule has 0 spiro atoms. The van der Waals surface area contributed by atoms with Crippen LogP contribution in [0.2, 0.25) is 0 Å². The Labute approximate surface area is 111 Å². The topological polar surface area (TPSA) is 34.9 Å². The lowest BCUT2D eigenvalue weighted by atomic mass is 10.1. The van der Waals surface area contributed by atoms with E-state index in [9.17, 15) is 9.18 Å². The van der Waals surface area contributed by atoms with E-state index in [0.717, 1.165) is 0 Å².